The third kappa shape index (κ3) is 2.57. The molecule has 3 N–H and O–H groups in total. The first-order chi connectivity index (χ1) is 6.15. The van der Waals surface area contributed by atoms with E-state index in [0.717, 1.165) is 5.56 Å². The highest BCUT2D eigenvalue weighted by Crippen LogP contribution is 2.23. The molecule has 1 aromatic heterocycles. The summed E-state index contributed by atoms with van der Waals surface area (Å²) in [6, 6.07) is 2.14. The molecule has 13 heavy (non-hydrogen) atoms. The van der Waals surface area contributed by atoms with E-state index in [1.54, 1.807) is 6.20 Å². The van der Waals surface area contributed by atoms with Gasteiger partial charge in [0.25, 0.3) is 0 Å². The molecule has 0 amide bonds. The number of rotatable bonds is 3. The van der Waals surface area contributed by atoms with Crippen LogP contribution in [0.4, 0.5) is 5.82 Å². The van der Waals surface area contributed by atoms with Gasteiger partial charge in [-0.25, -0.2) is 4.98 Å². The van der Waals surface area contributed by atoms with Gasteiger partial charge in [-0.05, 0) is 25.5 Å². The van der Waals surface area contributed by atoms with E-state index in [-0.39, 0.29) is 0 Å². The quantitative estimate of drug-likeness (QED) is 0.783. The van der Waals surface area contributed by atoms with E-state index >= 15 is 0 Å². The average molecular weight is 200 g/mol. The number of pyridine rings is 1. The maximum atomic E-state index is 6.05. The van der Waals surface area contributed by atoms with Crippen molar-refractivity contribution in [3.8, 4) is 0 Å². The Morgan fingerprint density at radius 3 is 2.85 bits per heavy atom. The first kappa shape index (κ1) is 10.3. The zero-order chi connectivity index (χ0) is 9.84. The minimum Gasteiger partial charge on any atom is -0.367 e. The number of nitrogens with two attached hydrogens (primary N) is 1. The predicted octanol–water partition coefficient (Wildman–Crippen LogP) is 2.01. The summed E-state index contributed by atoms with van der Waals surface area (Å²) >= 11 is 6.05. The molecule has 3 nitrogen and oxygen atoms in total. The summed E-state index contributed by atoms with van der Waals surface area (Å²) in [5.41, 5.74) is 6.43. The Balaban J connectivity index is 2.94. The van der Waals surface area contributed by atoms with Crippen molar-refractivity contribution in [1.29, 1.82) is 0 Å². The number of nitrogens with one attached hydrogen (secondary N) is 1. The minimum atomic E-state index is 0.318. The van der Waals surface area contributed by atoms with E-state index in [4.69, 9.17) is 17.3 Å². The lowest BCUT2D eigenvalue weighted by Crippen LogP contribution is -2.12. The largest absolute Gasteiger partial charge is 0.367 e. The Kier molecular flexibility index (Phi) is 3.51. The standard InChI is InChI=1S/C9H14ClN3/c1-6(2)13-9-8(10)7(5-11)3-4-12-9/h3-4,6H,5,11H2,1-2H3,(H,12,13). The molecule has 0 aliphatic carbocycles. The van der Waals surface area contributed by atoms with Gasteiger partial charge in [0.15, 0.2) is 0 Å². The number of anilines is 1. The predicted molar refractivity (Wildman–Crippen MR) is 55.9 cm³/mol. The fraction of sp³-hybridized carbons (Fsp3) is 0.444. The summed E-state index contributed by atoms with van der Waals surface area (Å²) in [6.45, 7) is 4.51. The molecule has 0 spiro atoms. The monoisotopic (exact) mass is 199 g/mol. The van der Waals surface area contributed by atoms with Gasteiger partial charge in [-0.1, -0.05) is 11.6 Å². The lowest BCUT2D eigenvalue weighted by atomic mass is 10.2. The first-order valence-electron chi connectivity index (χ1n) is 4.25. The number of hydrogen-bond acceptors (Lipinski definition) is 3. The summed E-state index contributed by atoms with van der Waals surface area (Å²) in [5, 5.41) is 3.77. The molecule has 1 aromatic rings. The van der Waals surface area contributed by atoms with Crippen molar-refractivity contribution in [1.82, 2.24) is 4.98 Å². The highest BCUT2D eigenvalue weighted by atomic mass is 35.5. The molecule has 0 saturated carbocycles. The van der Waals surface area contributed by atoms with Crippen LogP contribution in [0, 0.1) is 0 Å². The molecule has 1 heterocycles. The molecule has 0 atom stereocenters. The van der Waals surface area contributed by atoms with Crippen LogP contribution in [0.15, 0.2) is 12.3 Å². The second-order valence-electron chi connectivity index (χ2n) is 3.14. The van der Waals surface area contributed by atoms with Crippen LogP contribution in [-0.2, 0) is 6.54 Å². The number of hydrogen-bond donors (Lipinski definition) is 2. The van der Waals surface area contributed by atoms with Gasteiger partial charge >= 0.3 is 0 Å². The zero-order valence-electron chi connectivity index (χ0n) is 7.84. The van der Waals surface area contributed by atoms with Gasteiger partial charge in [-0.2, -0.15) is 0 Å². The van der Waals surface area contributed by atoms with Crippen molar-refractivity contribution >= 4 is 17.4 Å². The fourth-order valence-electron chi connectivity index (χ4n) is 1.02. The summed E-state index contributed by atoms with van der Waals surface area (Å²) in [4.78, 5) is 4.13. The smallest absolute Gasteiger partial charge is 0.145 e. The molecule has 0 aliphatic rings. The summed E-state index contributed by atoms with van der Waals surface area (Å²) in [7, 11) is 0. The van der Waals surface area contributed by atoms with Crippen LogP contribution >= 0.6 is 11.6 Å². The van der Waals surface area contributed by atoms with Crippen molar-refractivity contribution in [3.63, 3.8) is 0 Å². The molecule has 1 rings (SSSR count). The molecule has 0 bridgehead atoms. The van der Waals surface area contributed by atoms with Crippen LogP contribution in [0.5, 0.6) is 0 Å². The van der Waals surface area contributed by atoms with E-state index in [0.29, 0.717) is 23.4 Å². The summed E-state index contributed by atoms with van der Waals surface area (Å²) in [5.74, 6) is 0.708. The molecular formula is C9H14ClN3. The molecule has 0 fully saturated rings. The molecule has 72 valence electrons. The van der Waals surface area contributed by atoms with E-state index < -0.39 is 0 Å². The number of aromatic nitrogens is 1. The summed E-state index contributed by atoms with van der Waals surface area (Å²) < 4.78 is 0. The normalized spacial score (nSPS) is 10.5. The first-order valence-corrected chi connectivity index (χ1v) is 4.63. The van der Waals surface area contributed by atoms with Crippen molar-refractivity contribution in [2.45, 2.75) is 26.4 Å². The van der Waals surface area contributed by atoms with Gasteiger partial charge in [0.05, 0.1) is 5.02 Å². The summed E-state index contributed by atoms with van der Waals surface area (Å²) in [6.07, 6.45) is 1.71. The van der Waals surface area contributed by atoms with Gasteiger partial charge in [-0.15, -0.1) is 0 Å². The van der Waals surface area contributed by atoms with Crippen molar-refractivity contribution in [2.24, 2.45) is 5.73 Å². The number of halogens is 1. The topological polar surface area (TPSA) is 50.9 Å². The average Bonchev–Trinajstić information content (AvgIpc) is 2.08. The maximum absolute atomic E-state index is 6.05. The van der Waals surface area contributed by atoms with E-state index in [1.165, 1.54) is 0 Å². The Labute approximate surface area is 83.3 Å². The van der Waals surface area contributed by atoms with Gasteiger partial charge < -0.3 is 11.1 Å². The van der Waals surface area contributed by atoms with Crippen LogP contribution in [0.2, 0.25) is 5.02 Å². The van der Waals surface area contributed by atoms with E-state index in [9.17, 15) is 0 Å². The Morgan fingerprint density at radius 2 is 2.31 bits per heavy atom. The Bertz CT molecular complexity index is 286. The second kappa shape index (κ2) is 4.44. The van der Waals surface area contributed by atoms with Crippen LogP contribution in [0.3, 0.4) is 0 Å². The Hall–Kier alpha value is -0.800. The molecule has 0 saturated heterocycles. The molecule has 0 aliphatic heterocycles. The van der Waals surface area contributed by atoms with Gasteiger partial charge in [-0.3, -0.25) is 0 Å². The van der Waals surface area contributed by atoms with Crippen LogP contribution in [0.25, 0.3) is 0 Å². The maximum Gasteiger partial charge on any atom is 0.145 e. The molecule has 0 radical (unpaired) electrons. The molecular weight excluding hydrogens is 186 g/mol. The molecule has 0 unspecified atom stereocenters. The van der Waals surface area contributed by atoms with Crippen LogP contribution in [-0.4, -0.2) is 11.0 Å². The van der Waals surface area contributed by atoms with Gasteiger partial charge in [0, 0.05) is 18.8 Å². The molecule has 4 heteroatoms. The lowest BCUT2D eigenvalue weighted by molar-refractivity contribution is 0.887. The van der Waals surface area contributed by atoms with Gasteiger partial charge in [0.1, 0.15) is 5.82 Å². The van der Waals surface area contributed by atoms with Crippen molar-refractivity contribution in [2.75, 3.05) is 5.32 Å². The van der Waals surface area contributed by atoms with E-state index in [2.05, 4.69) is 10.3 Å². The minimum absolute atomic E-state index is 0.318. The Morgan fingerprint density at radius 1 is 1.62 bits per heavy atom. The van der Waals surface area contributed by atoms with Crippen LogP contribution in [0.1, 0.15) is 19.4 Å². The highest BCUT2D eigenvalue weighted by molar-refractivity contribution is 6.33. The third-order valence-corrected chi connectivity index (χ3v) is 2.04. The highest BCUT2D eigenvalue weighted by Gasteiger charge is 2.06. The number of nitrogens with zero attached hydrogens (tertiary/aromatic N) is 1. The van der Waals surface area contributed by atoms with Crippen molar-refractivity contribution < 1.29 is 0 Å². The zero-order valence-corrected chi connectivity index (χ0v) is 8.60. The fourth-order valence-corrected chi connectivity index (χ4v) is 1.26. The van der Waals surface area contributed by atoms with Crippen LogP contribution < -0.4 is 11.1 Å². The third-order valence-electron chi connectivity index (χ3n) is 1.61. The van der Waals surface area contributed by atoms with Gasteiger partial charge in [0.2, 0.25) is 0 Å². The van der Waals surface area contributed by atoms with E-state index in [1.807, 2.05) is 19.9 Å². The van der Waals surface area contributed by atoms with Crippen molar-refractivity contribution in [3.05, 3.63) is 22.8 Å². The molecule has 0 aromatic carbocycles. The lowest BCUT2D eigenvalue weighted by Gasteiger charge is -2.11. The SMILES string of the molecule is CC(C)Nc1nccc(CN)c1Cl. The second-order valence-corrected chi connectivity index (χ2v) is 3.51.